The van der Waals surface area contributed by atoms with Gasteiger partial charge < -0.3 is 9.47 Å². The van der Waals surface area contributed by atoms with Crippen molar-refractivity contribution in [3.05, 3.63) is 86.9 Å². The first-order chi connectivity index (χ1) is 16.3. The topological polar surface area (TPSA) is 47.6 Å². The highest BCUT2D eigenvalue weighted by molar-refractivity contribution is 9.10. The molecule has 0 bridgehead atoms. The zero-order valence-corrected chi connectivity index (χ0v) is 22.5. The molecular formula is C28H30BrNO3S. The fourth-order valence-electron chi connectivity index (χ4n) is 4.30. The molecule has 0 aromatic heterocycles. The lowest BCUT2D eigenvalue weighted by Gasteiger charge is -2.24. The SMILES string of the molecule is CSc1cc(C(C)C)c(NC(=O)OC2c3ccccc3COc3ccc(Br)cc32)c(C(C)C)c1. The van der Waals surface area contributed by atoms with E-state index < -0.39 is 12.2 Å². The number of hydrogen-bond donors (Lipinski definition) is 1. The summed E-state index contributed by atoms with van der Waals surface area (Å²) in [6, 6.07) is 18.1. The van der Waals surface area contributed by atoms with Crippen LogP contribution in [-0.4, -0.2) is 12.3 Å². The summed E-state index contributed by atoms with van der Waals surface area (Å²) in [5.41, 5.74) is 5.82. The zero-order valence-electron chi connectivity index (χ0n) is 20.1. The average Bonchev–Trinajstić information content (AvgIpc) is 2.95. The second kappa shape index (κ2) is 10.4. The number of nitrogens with one attached hydrogen (secondary N) is 1. The minimum absolute atomic E-state index is 0.253. The van der Waals surface area contributed by atoms with Crippen molar-refractivity contribution in [1.82, 2.24) is 0 Å². The van der Waals surface area contributed by atoms with Gasteiger partial charge in [-0.3, -0.25) is 5.32 Å². The lowest BCUT2D eigenvalue weighted by Crippen LogP contribution is -2.21. The first kappa shape index (κ1) is 24.7. The Morgan fingerprint density at radius 3 is 2.35 bits per heavy atom. The minimum Gasteiger partial charge on any atom is -0.488 e. The number of carbonyl (C=O) groups excluding carboxylic acids is 1. The van der Waals surface area contributed by atoms with E-state index in [0.717, 1.165) is 38.0 Å². The average molecular weight is 541 g/mol. The third kappa shape index (κ3) is 5.13. The number of benzene rings is 3. The molecule has 4 nitrogen and oxygen atoms in total. The van der Waals surface area contributed by atoms with Gasteiger partial charge in [-0.05, 0) is 65.1 Å². The van der Waals surface area contributed by atoms with Crippen molar-refractivity contribution in [2.45, 2.75) is 57.1 Å². The van der Waals surface area contributed by atoms with Crippen molar-refractivity contribution in [2.75, 3.05) is 11.6 Å². The monoisotopic (exact) mass is 539 g/mol. The summed E-state index contributed by atoms with van der Waals surface area (Å²) in [6.45, 7) is 9.01. The van der Waals surface area contributed by atoms with E-state index in [2.05, 4.69) is 67.3 Å². The van der Waals surface area contributed by atoms with Gasteiger partial charge in [-0.25, -0.2) is 4.79 Å². The lowest BCUT2D eigenvalue weighted by atomic mass is 9.92. The van der Waals surface area contributed by atoms with Crippen LogP contribution < -0.4 is 10.1 Å². The van der Waals surface area contributed by atoms with Crippen LogP contribution in [0.1, 0.15) is 73.5 Å². The van der Waals surface area contributed by atoms with Gasteiger partial charge >= 0.3 is 6.09 Å². The van der Waals surface area contributed by atoms with E-state index in [4.69, 9.17) is 9.47 Å². The van der Waals surface area contributed by atoms with Crippen LogP contribution in [0.25, 0.3) is 0 Å². The van der Waals surface area contributed by atoms with E-state index in [1.54, 1.807) is 11.8 Å². The Hall–Kier alpha value is -2.44. The van der Waals surface area contributed by atoms with Gasteiger partial charge in [0.1, 0.15) is 12.4 Å². The Morgan fingerprint density at radius 2 is 1.71 bits per heavy atom. The predicted molar refractivity (Wildman–Crippen MR) is 143 cm³/mol. The van der Waals surface area contributed by atoms with Gasteiger partial charge in [0.25, 0.3) is 0 Å². The first-order valence-electron chi connectivity index (χ1n) is 11.5. The summed E-state index contributed by atoms with van der Waals surface area (Å²) in [7, 11) is 0. The molecule has 6 heteroatoms. The Labute approximate surface area is 214 Å². The number of amides is 1. The maximum Gasteiger partial charge on any atom is 0.412 e. The Kier molecular flexibility index (Phi) is 7.58. The molecular weight excluding hydrogens is 510 g/mol. The number of thioether (sulfide) groups is 1. The third-order valence-electron chi connectivity index (χ3n) is 6.08. The molecule has 0 saturated heterocycles. The van der Waals surface area contributed by atoms with Crippen LogP contribution >= 0.6 is 27.7 Å². The molecule has 1 unspecified atom stereocenters. The Balaban J connectivity index is 1.73. The van der Waals surface area contributed by atoms with Crippen LogP contribution in [0, 0.1) is 0 Å². The van der Waals surface area contributed by atoms with Crippen molar-refractivity contribution in [3.63, 3.8) is 0 Å². The second-order valence-electron chi connectivity index (χ2n) is 9.07. The molecule has 0 fully saturated rings. The summed E-state index contributed by atoms with van der Waals surface area (Å²) < 4.78 is 13.1. The molecule has 1 N–H and O–H groups in total. The van der Waals surface area contributed by atoms with Crippen LogP contribution in [-0.2, 0) is 11.3 Å². The largest absolute Gasteiger partial charge is 0.488 e. The molecule has 3 aromatic rings. The Morgan fingerprint density at radius 1 is 1.03 bits per heavy atom. The zero-order chi connectivity index (χ0) is 24.4. The standard InChI is InChI=1S/C28H30BrNO3S/c1-16(2)22-13-20(34-5)14-23(17(3)4)26(22)30-28(31)33-27-21-9-7-6-8-18(21)15-32-25-11-10-19(29)12-24(25)27/h6-14,16-17,27H,15H2,1-5H3,(H,30,31). The van der Waals surface area contributed by atoms with Gasteiger partial charge in [-0.2, -0.15) is 0 Å². The fourth-order valence-corrected chi connectivity index (χ4v) is 5.17. The van der Waals surface area contributed by atoms with Gasteiger partial charge in [0.05, 0.1) is 5.69 Å². The number of anilines is 1. The normalized spacial score (nSPS) is 14.8. The van der Waals surface area contributed by atoms with Gasteiger partial charge in [-0.1, -0.05) is 67.9 Å². The summed E-state index contributed by atoms with van der Waals surface area (Å²) in [5, 5.41) is 3.11. The molecule has 3 aromatic carbocycles. The summed E-state index contributed by atoms with van der Waals surface area (Å²) >= 11 is 5.27. The van der Waals surface area contributed by atoms with Crippen LogP contribution in [0.4, 0.5) is 10.5 Å². The van der Waals surface area contributed by atoms with E-state index in [1.807, 2.05) is 42.5 Å². The Bertz CT molecular complexity index is 1180. The smallest absolute Gasteiger partial charge is 0.412 e. The lowest BCUT2D eigenvalue weighted by molar-refractivity contribution is 0.130. The molecule has 1 aliphatic rings. The second-order valence-corrected chi connectivity index (χ2v) is 10.9. The van der Waals surface area contributed by atoms with E-state index in [0.29, 0.717) is 12.4 Å². The van der Waals surface area contributed by atoms with Crippen molar-refractivity contribution in [3.8, 4) is 5.75 Å². The molecule has 1 aliphatic heterocycles. The number of hydrogen-bond acceptors (Lipinski definition) is 4. The van der Waals surface area contributed by atoms with Crippen LogP contribution in [0.2, 0.25) is 0 Å². The summed E-state index contributed by atoms with van der Waals surface area (Å²) in [6.07, 6.45) is 1.02. The highest BCUT2D eigenvalue weighted by atomic mass is 79.9. The molecule has 1 amide bonds. The van der Waals surface area contributed by atoms with Crippen LogP contribution in [0.15, 0.2) is 64.0 Å². The molecule has 178 valence electrons. The van der Waals surface area contributed by atoms with Gasteiger partial charge in [0.15, 0.2) is 6.10 Å². The highest BCUT2D eigenvalue weighted by Crippen LogP contribution is 2.41. The molecule has 0 aliphatic carbocycles. The molecule has 1 atom stereocenters. The van der Waals surface area contributed by atoms with Gasteiger partial charge in [0, 0.05) is 20.5 Å². The fraction of sp³-hybridized carbons (Fsp3) is 0.321. The maximum atomic E-state index is 13.4. The van der Waals surface area contributed by atoms with Crippen molar-refractivity contribution in [1.29, 1.82) is 0 Å². The first-order valence-corrected chi connectivity index (χ1v) is 13.5. The number of rotatable bonds is 5. The van der Waals surface area contributed by atoms with E-state index in [-0.39, 0.29) is 11.8 Å². The van der Waals surface area contributed by atoms with Crippen molar-refractivity contribution in [2.24, 2.45) is 0 Å². The highest BCUT2D eigenvalue weighted by Gasteiger charge is 2.29. The van der Waals surface area contributed by atoms with E-state index in [1.165, 1.54) is 4.90 Å². The molecule has 0 spiro atoms. The van der Waals surface area contributed by atoms with Crippen molar-refractivity contribution < 1.29 is 14.3 Å². The predicted octanol–water partition coefficient (Wildman–Crippen LogP) is 8.65. The third-order valence-corrected chi connectivity index (χ3v) is 7.28. The number of fused-ring (bicyclic) bond motifs is 2. The number of ether oxygens (including phenoxy) is 2. The summed E-state index contributed by atoms with van der Waals surface area (Å²) in [5.74, 6) is 1.22. The molecule has 34 heavy (non-hydrogen) atoms. The van der Waals surface area contributed by atoms with E-state index >= 15 is 0 Å². The summed E-state index contributed by atoms with van der Waals surface area (Å²) in [4.78, 5) is 14.6. The van der Waals surface area contributed by atoms with Crippen LogP contribution in [0.3, 0.4) is 0 Å². The molecule has 0 saturated carbocycles. The minimum atomic E-state index is -0.582. The number of carbonyl (C=O) groups is 1. The maximum absolute atomic E-state index is 13.4. The quantitative estimate of drug-likeness (QED) is 0.329. The number of halogens is 1. The van der Waals surface area contributed by atoms with E-state index in [9.17, 15) is 4.79 Å². The van der Waals surface area contributed by atoms with Crippen LogP contribution in [0.5, 0.6) is 5.75 Å². The van der Waals surface area contributed by atoms with Crippen molar-refractivity contribution >= 4 is 39.5 Å². The molecule has 4 rings (SSSR count). The van der Waals surface area contributed by atoms with Gasteiger partial charge in [0.2, 0.25) is 0 Å². The van der Waals surface area contributed by atoms with Gasteiger partial charge in [-0.15, -0.1) is 11.8 Å². The molecule has 1 heterocycles. The molecule has 0 radical (unpaired) electrons.